The maximum atomic E-state index is 12.8. The van der Waals surface area contributed by atoms with Gasteiger partial charge >= 0.3 is 0 Å². The van der Waals surface area contributed by atoms with Crippen LogP contribution in [0.15, 0.2) is 12.7 Å². The minimum absolute atomic E-state index is 0.0723. The molecule has 0 aliphatic carbocycles. The molecule has 2 saturated heterocycles. The highest BCUT2D eigenvalue weighted by Gasteiger charge is 2.47. The number of imidazole rings is 1. The SMILES string of the molecule is CCCNc1ncnc2c1ncn2C1OC(C(=O)NCCC(=O)N2CCNCCNCCNCC2)C(O)C1O. The molecule has 7 N–H and O–H groups in total. The maximum Gasteiger partial charge on any atom is 0.252 e. The van der Waals surface area contributed by atoms with E-state index in [-0.39, 0.29) is 18.9 Å². The van der Waals surface area contributed by atoms with Crippen LogP contribution in [0.3, 0.4) is 0 Å². The number of aliphatic hydroxyl groups is 2. The molecule has 4 heterocycles. The summed E-state index contributed by atoms with van der Waals surface area (Å²) in [5.41, 5.74) is 0.893. The highest BCUT2D eigenvalue weighted by molar-refractivity contribution is 5.84. The van der Waals surface area contributed by atoms with Crippen molar-refractivity contribution in [2.24, 2.45) is 0 Å². The summed E-state index contributed by atoms with van der Waals surface area (Å²) in [4.78, 5) is 40.2. The quantitative estimate of drug-likeness (QED) is 0.182. The Morgan fingerprint density at radius 2 is 1.69 bits per heavy atom. The van der Waals surface area contributed by atoms with E-state index in [0.29, 0.717) is 49.7 Å². The van der Waals surface area contributed by atoms with E-state index >= 15 is 0 Å². The number of anilines is 1. The van der Waals surface area contributed by atoms with Gasteiger partial charge in [0.05, 0.1) is 6.33 Å². The van der Waals surface area contributed by atoms with Gasteiger partial charge in [-0.05, 0) is 6.42 Å². The lowest BCUT2D eigenvalue weighted by Gasteiger charge is -2.24. The van der Waals surface area contributed by atoms with Crippen LogP contribution in [0, 0.1) is 0 Å². The molecular formula is C24H40N10O5. The molecule has 2 amide bonds. The van der Waals surface area contributed by atoms with Crippen LogP contribution in [-0.4, -0.2) is 130 Å². The molecule has 216 valence electrons. The van der Waals surface area contributed by atoms with Crippen LogP contribution in [0.2, 0.25) is 0 Å². The zero-order valence-corrected chi connectivity index (χ0v) is 22.3. The molecule has 4 atom stereocenters. The second-order valence-electron chi connectivity index (χ2n) is 9.57. The Kier molecular flexibility index (Phi) is 10.8. The van der Waals surface area contributed by atoms with Crippen molar-refractivity contribution in [2.75, 3.05) is 70.8 Å². The van der Waals surface area contributed by atoms with Gasteiger partial charge in [-0.3, -0.25) is 14.2 Å². The molecule has 4 rings (SSSR count). The first-order valence-corrected chi connectivity index (χ1v) is 13.6. The Morgan fingerprint density at radius 3 is 2.38 bits per heavy atom. The van der Waals surface area contributed by atoms with Gasteiger partial charge in [0, 0.05) is 71.9 Å². The van der Waals surface area contributed by atoms with E-state index < -0.39 is 30.4 Å². The number of hydrogen-bond acceptors (Lipinski definition) is 12. The smallest absolute Gasteiger partial charge is 0.252 e. The fraction of sp³-hybridized carbons (Fsp3) is 0.708. The van der Waals surface area contributed by atoms with Gasteiger partial charge in [-0.25, -0.2) is 15.0 Å². The molecule has 0 spiro atoms. The number of fused-ring (bicyclic) bond motifs is 1. The number of nitrogens with zero attached hydrogens (tertiary/aromatic N) is 5. The summed E-state index contributed by atoms with van der Waals surface area (Å²) in [5.74, 6) is -0.129. The molecule has 2 aliphatic heterocycles. The minimum Gasteiger partial charge on any atom is -0.387 e. The molecule has 0 saturated carbocycles. The lowest BCUT2D eigenvalue weighted by Crippen LogP contribution is -2.46. The first kappa shape index (κ1) is 29.0. The molecule has 15 nitrogen and oxygen atoms in total. The third-order valence-electron chi connectivity index (χ3n) is 6.74. The van der Waals surface area contributed by atoms with Crippen molar-refractivity contribution in [3.8, 4) is 0 Å². The first-order valence-electron chi connectivity index (χ1n) is 13.6. The van der Waals surface area contributed by atoms with Crippen molar-refractivity contribution in [1.82, 2.24) is 45.7 Å². The lowest BCUT2D eigenvalue weighted by molar-refractivity contribution is -0.138. The minimum atomic E-state index is -1.47. The van der Waals surface area contributed by atoms with E-state index in [0.717, 1.165) is 32.6 Å². The second-order valence-corrected chi connectivity index (χ2v) is 9.57. The zero-order chi connectivity index (χ0) is 27.6. The van der Waals surface area contributed by atoms with Crippen molar-refractivity contribution in [2.45, 2.75) is 44.3 Å². The average molecular weight is 549 g/mol. The molecule has 2 aromatic heterocycles. The van der Waals surface area contributed by atoms with Gasteiger partial charge in [0.15, 0.2) is 29.3 Å². The molecule has 2 fully saturated rings. The number of aliphatic hydroxyl groups excluding tert-OH is 2. The number of carbonyl (C=O) groups excluding carboxylic acids is 2. The van der Waals surface area contributed by atoms with Gasteiger partial charge < -0.3 is 46.4 Å². The summed E-state index contributed by atoms with van der Waals surface area (Å²) in [7, 11) is 0. The van der Waals surface area contributed by atoms with Gasteiger partial charge in [-0.1, -0.05) is 6.92 Å². The third kappa shape index (κ3) is 7.38. The summed E-state index contributed by atoms with van der Waals surface area (Å²) in [6.45, 7) is 8.73. The molecule has 2 aliphatic rings. The van der Waals surface area contributed by atoms with Crippen LogP contribution in [-0.2, 0) is 14.3 Å². The summed E-state index contributed by atoms with van der Waals surface area (Å²) < 4.78 is 7.27. The number of amides is 2. The monoisotopic (exact) mass is 548 g/mol. The first-order chi connectivity index (χ1) is 19.0. The standard InChI is InChI=1S/C24H40N10O5/c1-2-4-28-21-17-22(31-14-30-21)34(15-32-17)24-19(37)18(36)20(39-24)23(38)29-5-3-16(35)33-12-10-26-8-6-25-7-9-27-11-13-33/h14-15,18-20,24-27,36-37H,2-13H2,1H3,(H,29,38)(H,28,30,31). The number of nitrogens with one attached hydrogen (secondary N) is 5. The molecule has 39 heavy (non-hydrogen) atoms. The highest BCUT2D eigenvalue weighted by Crippen LogP contribution is 2.32. The van der Waals surface area contributed by atoms with Crippen molar-refractivity contribution < 1.29 is 24.5 Å². The van der Waals surface area contributed by atoms with Crippen LogP contribution in [0.5, 0.6) is 0 Å². The van der Waals surface area contributed by atoms with Crippen LogP contribution < -0.4 is 26.6 Å². The Morgan fingerprint density at radius 1 is 1.00 bits per heavy atom. The van der Waals surface area contributed by atoms with Gasteiger partial charge in [0.2, 0.25) is 5.91 Å². The number of hydrogen-bond donors (Lipinski definition) is 7. The fourth-order valence-electron chi connectivity index (χ4n) is 4.59. The van der Waals surface area contributed by atoms with Crippen molar-refractivity contribution in [3.05, 3.63) is 12.7 Å². The van der Waals surface area contributed by atoms with Crippen LogP contribution in [0.4, 0.5) is 5.82 Å². The Balaban J connectivity index is 1.31. The number of carbonyl (C=O) groups is 2. The van der Waals surface area contributed by atoms with Crippen LogP contribution >= 0.6 is 0 Å². The Hall–Kier alpha value is -2.95. The Bertz CT molecular complexity index is 1070. The van der Waals surface area contributed by atoms with Gasteiger partial charge in [-0.2, -0.15) is 0 Å². The maximum absolute atomic E-state index is 12.8. The second kappa shape index (κ2) is 14.4. The van der Waals surface area contributed by atoms with E-state index in [1.54, 1.807) is 4.90 Å². The lowest BCUT2D eigenvalue weighted by atomic mass is 10.1. The molecular weight excluding hydrogens is 508 g/mol. The summed E-state index contributed by atoms with van der Waals surface area (Å²) in [6, 6.07) is 0. The van der Waals surface area contributed by atoms with E-state index in [2.05, 4.69) is 41.5 Å². The van der Waals surface area contributed by atoms with Crippen molar-refractivity contribution in [1.29, 1.82) is 0 Å². The number of aromatic nitrogens is 4. The topological polar surface area (TPSA) is 191 Å². The van der Waals surface area contributed by atoms with Gasteiger partial charge in [-0.15, -0.1) is 0 Å². The predicted octanol–water partition coefficient (Wildman–Crippen LogP) is -2.62. The van der Waals surface area contributed by atoms with Gasteiger partial charge in [0.1, 0.15) is 18.5 Å². The molecule has 2 aromatic rings. The van der Waals surface area contributed by atoms with E-state index in [1.165, 1.54) is 17.2 Å². The fourth-order valence-corrected chi connectivity index (χ4v) is 4.59. The van der Waals surface area contributed by atoms with Crippen molar-refractivity contribution in [3.63, 3.8) is 0 Å². The normalized spacial score (nSPS) is 25.2. The highest BCUT2D eigenvalue weighted by atomic mass is 16.6. The molecule has 15 heteroatoms. The summed E-state index contributed by atoms with van der Waals surface area (Å²) in [6.07, 6.45) is -1.43. The van der Waals surface area contributed by atoms with Gasteiger partial charge in [0.25, 0.3) is 5.91 Å². The van der Waals surface area contributed by atoms with Crippen LogP contribution in [0.1, 0.15) is 26.0 Å². The number of rotatable bonds is 8. The number of ether oxygens (including phenoxy) is 1. The van der Waals surface area contributed by atoms with E-state index in [1.807, 2.05) is 6.92 Å². The molecule has 4 unspecified atom stereocenters. The Labute approximate surface area is 227 Å². The summed E-state index contributed by atoms with van der Waals surface area (Å²) in [5, 5.41) is 37.1. The molecule has 0 bridgehead atoms. The summed E-state index contributed by atoms with van der Waals surface area (Å²) >= 11 is 0. The average Bonchev–Trinajstić information content (AvgIpc) is 3.48. The largest absolute Gasteiger partial charge is 0.387 e. The zero-order valence-electron chi connectivity index (χ0n) is 22.3. The third-order valence-corrected chi connectivity index (χ3v) is 6.74. The molecule has 0 radical (unpaired) electrons. The van der Waals surface area contributed by atoms with E-state index in [4.69, 9.17) is 4.74 Å². The molecule has 0 aromatic carbocycles. The van der Waals surface area contributed by atoms with Crippen LogP contribution in [0.25, 0.3) is 11.2 Å². The predicted molar refractivity (Wildman–Crippen MR) is 143 cm³/mol. The van der Waals surface area contributed by atoms with Crippen molar-refractivity contribution >= 4 is 28.8 Å². The van der Waals surface area contributed by atoms with E-state index in [9.17, 15) is 19.8 Å².